The number of nitrogens with zero attached hydrogens (tertiary/aromatic N) is 2. The van der Waals surface area contributed by atoms with Crippen LogP contribution in [0.1, 0.15) is 36.0 Å². The van der Waals surface area contributed by atoms with Crippen molar-refractivity contribution in [2.75, 3.05) is 24.3 Å². The number of carbonyl (C=O) groups excluding carboxylic acids is 1. The largest absolute Gasteiger partial charge is 0.465 e. The molecule has 0 spiro atoms. The van der Waals surface area contributed by atoms with Gasteiger partial charge in [0.05, 0.1) is 5.56 Å². The summed E-state index contributed by atoms with van der Waals surface area (Å²) in [6.45, 7) is 0. The maximum Gasteiger partial charge on any atom is 0.404 e. The molecule has 5 N–H and O–H groups in total. The maximum atomic E-state index is 14.2. The quantitative estimate of drug-likeness (QED) is 0.643. The molecule has 0 bridgehead atoms. The monoisotopic (exact) mass is 339 g/mol. The van der Waals surface area contributed by atoms with Gasteiger partial charge in [-0.15, -0.1) is 0 Å². The highest BCUT2D eigenvalue weighted by molar-refractivity contribution is 5.98. The van der Waals surface area contributed by atoms with Crippen molar-refractivity contribution in [2.24, 2.45) is 5.73 Å². The third-order valence-corrected chi connectivity index (χ3v) is 4.04. The molecule has 1 saturated carbocycles. The van der Waals surface area contributed by atoms with E-state index in [1.807, 2.05) is 0 Å². The lowest BCUT2D eigenvalue weighted by molar-refractivity contribution is 0.1000. The number of hydrogen-bond donors (Lipinski definition) is 4. The van der Waals surface area contributed by atoms with Gasteiger partial charge in [-0.25, -0.2) is 14.2 Å². The fraction of sp³-hybridized carbons (Fsp3) is 0.533. The molecule has 1 heterocycles. The zero-order chi connectivity index (χ0) is 17.9. The van der Waals surface area contributed by atoms with E-state index in [1.165, 1.54) is 0 Å². The van der Waals surface area contributed by atoms with E-state index in [-0.39, 0.29) is 23.5 Å². The first-order valence-corrected chi connectivity index (χ1v) is 7.71. The molecule has 1 aromatic rings. The second-order valence-electron chi connectivity index (χ2n) is 6.09. The van der Waals surface area contributed by atoms with Gasteiger partial charge in [0.25, 0.3) is 5.91 Å². The van der Waals surface area contributed by atoms with Crippen molar-refractivity contribution in [2.45, 2.75) is 37.8 Å². The third-order valence-electron chi connectivity index (χ3n) is 4.04. The molecule has 1 aliphatic rings. The van der Waals surface area contributed by atoms with Crippen LogP contribution in [0.2, 0.25) is 0 Å². The molecule has 1 aliphatic carbocycles. The van der Waals surface area contributed by atoms with E-state index in [4.69, 9.17) is 10.8 Å². The maximum absolute atomic E-state index is 14.2. The number of amides is 2. The zero-order valence-electron chi connectivity index (χ0n) is 13.7. The van der Waals surface area contributed by atoms with Crippen molar-refractivity contribution in [1.29, 1.82) is 0 Å². The van der Waals surface area contributed by atoms with Crippen LogP contribution in [-0.2, 0) is 0 Å². The van der Waals surface area contributed by atoms with Gasteiger partial charge in [0, 0.05) is 26.2 Å². The predicted molar refractivity (Wildman–Crippen MR) is 87.9 cm³/mol. The highest BCUT2D eigenvalue weighted by Gasteiger charge is 2.24. The Kier molecular flexibility index (Phi) is 5.42. The molecule has 0 aliphatic heterocycles. The summed E-state index contributed by atoms with van der Waals surface area (Å²) in [4.78, 5) is 27.8. The molecule has 0 radical (unpaired) electrons. The van der Waals surface area contributed by atoms with E-state index >= 15 is 0 Å². The molecule has 0 atom stereocenters. The van der Waals surface area contributed by atoms with E-state index in [2.05, 4.69) is 15.6 Å². The van der Waals surface area contributed by atoms with Gasteiger partial charge in [-0.05, 0) is 31.7 Å². The van der Waals surface area contributed by atoms with Gasteiger partial charge in [-0.3, -0.25) is 4.79 Å². The minimum Gasteiger partial charge on any atom is -0.465 e. The van der Waals surface area contributed by atoms with Crippen molar-refractivity contribution >= 4 is 23.6 Å². The standard InChI is InChI=1S/C15H22FN5O3/c1-21(2)14-10(12(17)22)7-11(16)13(20-14)18-8-3-5-9(6-4-8)19-15(23)24/h7-9,19H,3-6H2,1-2H3,(H2,17,22)(H,18,20)(H,23,24)/t8-,9-. The number of halogens is 1. The van der Waals surface area contributed by atoms with Gasteiger partial charge < -0.3 is 26.4 Å². The van der Waals surface area contributed by atoms with Crippen molar-refractivity contribution in [1.82, 2.24) is 10.3 Å². The Morgan fingerprint density at radius 2 is 1.88 bits per heavy atom. The second-order valence-corrected chi connectivity index (χ2v) is 6.09. The first kappa shape index (κ1) is 17.8. The highest BCUT2D eigenvalue weighted by atomic mass is 19.1. The first-order chi connectivity index (χ1) is 11.3. The number of rotatable bonds is 5. The summed E-state index contributed by atoms with van der Waals surface area (Å²) in [7, 11) is 3.39. The number of hydrogen-bond acceptors (Lipinski definition) is 5. The Morgan fingerprint density at radius 1 is 1.29 bits per heavy atom. The molecule has 2 rings (SSSR count). The molecule has 2 amide bonds. The Morgan fingerprint density at radius 3 is 2.38 bits per heavy atom. The number of nitrogens with two attached hydrogens (primary N) is 1. The van der Waals surface area contributed by atoms with E-state index in [0.29, 0.717) is 31.5 Å². The highest BCUT2D eigenvalue weighted by Crippen LogP contribution is 2.26. The zero-order valence-corrected chi connectivity index (χ0v) is 13.7. The van der Waals surface area contributed by atoms with E-state index in [0.717, 1.165) is 6.07 Å². The molecule has 0 aromatic carbocycles. The van der Waals surface area contributed by atoms with Crippen LogP contribution in [0, 0.1) is 5.82 Å². The Labute approximate surface area is 139 Å². The molecular weight excluding hydrogens is 317 g/mol. The molecule has 1 aromatic heterocycles. The average Bonchev–Trinajstić information content (AvgIpc) is 2.49. The van der Waals surface area contributed by atoms with E-state index < -0.39 is 17.8 Å². The lowest BCUT2D eigenvalue weighted by atomic mass is 9.91. The number of carboxylic acid groups (broad SMARTS) is 1. The Balaban J connectivity index is 2.09. The minimum absolute atomic E-state index is 0.00622. The van der Waals surface area contributed by atoms with Crippen LogP contribution in [-0.4, -0.2) is 48.3 Å². The smallest absolute Gasteiger partial charge is 0.404 e. The van der Waals surface area contributed by atoms with Gasteiger partial charge in [0.2, 0.25) is 0 Å². The van der Waals surface area contributed by atoms with Crippen molar-refractivity contribution in [3.05, 3.63) is 17.4 Å². The first-order valence-electron chi connectivity index (χ1n) is 7.71. The van der Waals surface area contributed by atoms with Crippen LogP contribution in [0.4, 0.5) is 20.8 Å². The minimum atomic E-state index is -1.03. The summed E-state index contributed by atoms with van der Waals surface area (Å²) < 4.78 is 14.2. The number of pyridine rings is 1. The average molecular weight is 339 g/mol. The molecule has 0 unspecified atom stereocenters. The number of anilines is 2. The van der Waals surface area contributed by atoms with Crippen molar-refractivity contribution in [3.63, 3.8) is 0 Å². The van der Waals surface area contributed by atoms with Crippen LogP contribution >= 0.6 is 0 Å². The van der Waals surface area contributed by atoms with Crippen molar-refractivity contribution < 1.29 is 19.1 Å². The molecule has 8 nitrogen and oxygen atoms in total. The number of aromatic nitrogens is 1. The summed E-state index contributed by atoms with van der Waals surface area (Å²) >= 11 is 0. The van der Waals surface area contributed by atoms with Gasteiger partial charge in [0.15, 0.2) is 11.6 Å². The number of nitrogens with one attached hydrogen (secondary N) is 2. The number of carbonyl (C=O) groups is 2. The summed E-state index contributed by atoms with van der Waals surface area (Å²) in [5.74, 6) is -1.01. The Hall–Kier alpha value is -2.58. The van der Waals surface area contributed by atoms with Gasteiger partial charge in [-0.1, -0.05) is 0 Å². The topological polar surface area (TPSA) is 121 Å². The SMILES string of the molecule is CN(C)c1nc(N[C@H]2CC[C@H](NC(=O)O)CC2)c(F)cc1C(N)=O. The Bertz CT molecular complexity index is 630. The van der Waals surface area contributed by atoms with Crippen LogP contribution in [0.3, 0.4) is 0 Å². The lowest BCUT2D eigenvalue weighted by Crippen LogP contribution is -2.39. The summed E-state index contributed by atoms with van der Waals surface area (Å²) in [6, 6.07) is 1.01. The van der Waals surface area contributed by atoms with Crippen molar-refractivity contribution in [3.8, 4) is 0 Å². The molecular formula is C15H22FN5O3. The summed E-state index contributed by atoms with van der Waals surface area (Å²) in [5.41, 5.74) is 5.29. The number of primary amides is 1. The fourth-order valence-corrected chi connectivity index (χ4v) is 2.85. The second kappa shape index (κ2) is 7.33. The molecule has 9 heteroatoms. The lowest BCUT2D eigenvalue weighted by Gasteiger charge is -2.29. The van der Waals surface area contributed by atoms with Crippen LogP contribution in [0.5, 0.6) is 0 Å². The van der Waals surface area contributed by atoms with Gasteiger partial charge in [0.1, 0.15) is 5.82 Å². The van der Waals surface area contributed by atoms with Crippen LogP contribution in [0.25, 0.3) is 0 Å². The molecule has 1 fully saturated rings. The third kappa shape index (κ3) is 4.24. The van der Waals surface area contributed by atoms with Crippen LogP contribution < -0.4 is 21.3 Å². The van der Waals surface area contributed by atoms with E-state index in [1.54, 1.807) is 19.0 Å². The summed E-state index contributed by atoms with van der Waals surface area (Å²) in [6.07, 6.45) is 1.70. The van der Waals surface area contributed by atoms with Gasteiger partial charge >= 0.3 is 6.09 Å². The predicted octanol–water partition coefficient (Wildman–Crippen LogP) is 1.38. The molecule has 24 heavy (non-hydrogen) atoms. The summed E-state index contributed by atoms with van der Waals surface area (Å²) in [5, 5.41) is 14.2. The van der Waals surface area contributed by atoms with Gasteiger partial charge in [-0.2, -0.15) is 0 Å². The van der Waals surface area contributed by atoms with E-state index in [9.17, 15) is 14.0 Å². The molecule has 132 valence electrons. The van der Waals surface area contributed by atoms with Crippen LogP contribution in [0.15, 0.2) is 6.07 Å². The molecule has 0 saturated heterocycles. The fourth-order valence-electron chi connectivity index (χ4n) is 2.85. The normalized spacial score (nSPS) is 20.3.